The summed E-state index contributed by atoms with van der Waals surface area (Å²) in [5.41, 5.74) is 0.625. The normalized spacial score (nSPS) is 23.6. The molecule has 2 aliphatic heterocycles. The van der Waals surface area contributed by atoms with Crippen LogP contribution in [0, 0.1) is 0 Å². The number of rotatable bonds is 4. The van der Waals surface area contributed by atoms with Crippen molar-refractivity contribution in [2.75, 3.05) is 44.7 Å². The van der Waals surface area contributed by atoms with E-state index in [-0.39, 0.29) is 24.3 Å². The molecule has 0 aromatic heterocycles. The lowest BCUT2D eigenvalue weighted by molar-refractivity contribution is -0.123. The number of ether oxygens (including phenoxy) is 1. The minimum Gasteiger partial charge on any atom is -0.494 e. The van der Waals surface area contributed by atoms with Crippen molar-refractivity contribution < 1.29 is 14.3 Å². The lowest BCUT2D eigenvalue weighted by Gasteiger charge is -2.35. The van der Waals surface area contributed by atoms with Gasteiger partial charge in [0.15, 0.2) is 0 Å². The highest BCUT2D eigenvalue weighted by atomic mass is 16.5. The third-order valence-electron chi connectivity index (χ3n) is 4.51. The Balaban J connectivity index is 1.73. The maximum absolute atomic E-state index is 12.7. The SMILES string of the molecule is CCOc1ccc(N2C(=O)C[C@@H](N3CCN(C)CC3)C2=O)cc1. The number of amides is 2. The molecule has 6 heteroatoms. The van der Waals surface area contributed by atoms with Crippen molar-refractivity contribution in [3.05, 3.63) is 24.3 Å². The maximum atomic E-state index is 12.7. The number of carbonyl (C=O) groups excluding carboxylic acids is 2. The van der Waals surface area contributed by atoms with Crippen LogP contribution in [0.25, 0.3) is 0 Å². The van der Waals surface area contributed by atoms with Crippen molar-refractivity contribution in [3.63, 3.8) is 0 Å². The first-order valence-electron chi connectivity index (χ1n) is 8.12. The zero-order valence-corrected chi connectivity index (χ0v) is 13.7. The number of anilines is 1. The van der Waals surface area contributed by atoms with E-state index in [1.807, 2.05) is 6.92 Å². The van der Waals surface area contributed by atoms with Crippen LogP contribution >= 0.6 is 0 Å². The van der Waals surface area contributed by atoms with E-state index in [0.717, 1.165) is 31.9 Å². The van der Waals surface area contributed by atoms with Crippen LogP contribution in [0.1, 0.15) is 13.3 Å². The molecule has 0 aliphatic carbocycles. The van der Waals surface area contributed by atoms with Gasteiger partial charge in [-0.2, -0.15) is 0 Å². The Hall–Kier alpha value is -1.92. The second kappa shape index (κ2) is 6.68. The van der Waals surface area contributed by atoms with E-state index in [1.54, 1.807) is 24.3 Å². The zero-order chi connectivity index (χ0) is 16.4. The van der Waals surface area contributed by atoms with Gasteiger partial charge >= 0.3 is 0 Å². The van der Waals surface area contributed by atoms with E-state index in [0.29, 0.717) is 12.3 Å². The smallest absolute Gasteiger partial charge is 0.251 e. The highest BCUT2D eigenvalue weighted by Gasteiger charge is 2.43. The van der Waals surface area contributed by atoms with E-state index in [1.165, 1.54) is 4.90 Å². The summed E-state index contributed by atoms with van der Waals surface area (Å²) in [4.78, 5) is 30.8. The average Bonchev–Trinajstić information content (AvgIpc) is 2.84. The Labute approximate surface area is 136 Å². The van der Waals surface area contributed by atoms with Gasteiger partial charge in [-0.25, -0.2) is 4.90 Å². The Morgan fingerprint density at radius 3 is 2.35 bits per heavy atom. The maximum Gasteiger partial charge on any atom is 0.251 e. The summed E-state index contributed by atoms with van der Waals surface area (Å²) in [6.07, 6.45) is 0.274. The number of carbonyl (C=O) groups is 2. The standard InChI is InChI=1S/C17H23N3O3/c1-3-23-14-6-4-13(5-7-14)20-16(21)12-15(17(20)22)19-10-8-18(2)9-11-19/h4-7,15H,3,8-12H2,1-2H3/t15-/m1/s1. The number of hydrogen-bond donors (Lipinski definition) is 0. The third kappa shape index (κ3) is 3.23. The van der Waals surface area contributed by atoms with Crippen LogP contribution < -0.4 is 9.64 Å². The van der Waals surface area contributed by atoms with Crippen LogP contribution in [0.3, 0.4) is 0 Å². The van der Waals surface area contributed by atoms with Gasteiger partial charge < -0.3 is 9.64 Å². The Morgan fingerprint density at radius 1 is 1.09 bits per heavy atom. The second-order valence-electron chi connectivity index (χ2n) is 6.05. The monoisotopic (exact) mass is 317 g/mol. The highest BCUT2D eigenvalue weighted by Crippen LogP contribution is 2.27. The molecule has 0 bridgehead atoms. The number of nitrogens with zero attached hydrogens (tertiary/aromatic N) is 3. The largest absolute Gasteiger partial charge is 0.494 e. The van der Waals surface area contributed by atoms with Crippen LogP contribution in [-0.2, 0) is 9.59 Å². The first-order chi connectivity index (χ1) is 11.1. The molecule has 6 nitrogen and oxygen atoms in total. The van der Waals surface area contributed by atoms with Crippen molar-refractivity contribution in [1.82, 2.24) is 9.80 Å². The number of piperazine rings is 1. The fourth-order valence-electron chi connectivity index (χ4n) is 3.16. The van der Waals surface area contributed by atoms with Gasteiger partial charge in [0.25, 0.3) is 5.91 Å². The third-order valence-corrected chi connectivity index (χ3v) is 4.51. The van der Waals surface area contributed by atoms with Gasteiger partial charge in [0.05, 0.1) is 24.8 Å². The van der Waals surface area contributed by atoms with E-state index >= 15 is 0 Å². The van der Waals surface area contributed by atoms with E-state index in [2.05, 4.69) is 16.8 Å². The zero-order valence-electron chi connectivity index (χ0n) is 13.7. The van der Waals surface area contributed by atoms with Crippen LogP contribution in [0.5, 0.6) is 5.75 Å². The molecule has 1 aromatic carbocycles. The molecular formula is C17H23N3O3. The van der Waals surface area contributed by atoms with Crippen LogP contribution in [0.4, 0.5) is 5.69 Å². The van der Waals surface area contributed by atoms with Crippen molar-refractivity contribution in [1.29, 1.82) is 0 Å². The number of imide groups is 1. The molecule has 0 saturated carbocycles. The molecule has 2 amide bonds. The van der Waals surface area contributed by atoms with Crippen LogP contribution in [0.2, 0.25) is 0 Å². The van der Waals surface area contributed by atoms with Crippen molar-refractivity contribution in [2.24, 2.45) is 0 Å². The van der Waals surface area contributed by atoms with Gasteiger partial charge in [-0.1, -0.05) is 0 Å². The van der Waals surface area contributed by atoms with E-state index in [9.17, 15) is 9.59 Å². The van der Waals surface area contributed by atoms with Crippen molar-refractivity contribution in [2.45, 2.75) is 19.4 Å². The van der Waals surface area contributed by atoms with Gasteiger partial charge in [0, 0.05) is 26.2 Å². The van der Waals surface area contributed by atoms with Gasteiger partial charge in [-0.3, -0.25) is 14.5 Å². The fraction of sp³-hybridized carbons (Fsp3) is 0.529. The Kier molecular flexibility index (Phi) is 4.63. The van der Waals surface area contributed by atoms with E-state index < -0.39 is 0 Å². The first-order valence-corrected chi connectivity index (χ1v) is 8.12. The first kappa shape index (κ1) is 16.0. The molecule has 1 atom stereocenters. The van der Waals surface area contributed by atoms with Crippen molar-refractivity contribution >= 4 is 17.5 Å². The summed E-state index contributed by atoms with van der Waals surface area (Å²) in [6, 6.07) is 6.81. The summed E-state index contributed by atoms with van der Waals surface area (Å²) in [5.74, 6) is 0.512. The summed E-state index contributed by atoms with van der Waals surface area (Å²) >= 11 is 0. The number of likely N-dealkylation sites (N-methyl/N-ethyl adjacent to an activating group) is 1. The second-order valence-corrected chi connectivity index (χ2v) is 6.05. The molecule has 0 radical (unpaired) electrons. The molecule has 1 aromatic rings. The molecule has 2 saturated heterocycles. The molecule has 2 heterocycles. The van der Waals surface area contributed by atoms with Crippen LogP contribution in [0.15, 0.2) is 24.3 Å². The molecule has 3 rings (SSSR count). The average molecular weight is 317 g/mol. The molecule has 0 N–H and O–H groups in total. The van der Waals surface area contributed by atoms with Gasteiger partial charge in [0.1, 0.15) is 5.75 Å². The van der Waals surface area contributed by atoms with Crippen LogP contribution in [-0.4, -0.2) is 67.5 Å². The van der Waals surface area contributed by atoms with Crippen molar-refractivity contribution in [3.8, 4) is 5.75 Å². The Bertz CT molecular complexity index is 579. The molecule has 2 aliphatic rings. The lowest BCUT2D eigenvalue weighted by atomic mass is 10.2. The number of benzene rings is 1. The summed E-state index contributed by atoms with van der Waals surface area (Å²) in [6.45, 7) is 6.03. The molecule has 2 fully saturated rings. The van der Waals surface area contributed by atoms with Gasteiger partial charge in [0.2, 0.25) is 5.91 Å². The lowest BCUT2D eigenvalue weighted by Crippen LogP contribution is -2.51. The van der Waals surface area contributed by atoms with Gasteiger partial charge in [-0.05, 0) is 38.2 Å². The predicted octanol–water partition coefficient (Wildman–Crippen LogP) is 0.965. The molecule has 124 valence electrons. The molecule has 0 unspecified atom stereocenters. The minimum atomic E-state index is -0.317. The topological polar surface area (TPSA) is 53.1 Å². The molecule has 0 spiro atoms. The minimum absolute atomic E-state index is 0.108. The molecule has 23 heavy (non-hydrogen) atoms. The van der Waals surface area contributed by atoms with E-state index in [4.69, 9.17) is 4.74 Å². The summed E-state index contributed by atoms with van der Waals surface area (Å²) < 4.78 is 5.40. The summed E-state index contributed by atoms with van der Waals surface area (Å²) in [5, 5.41) is 0. The predicted molar refractivity (Wildman–Crippen MR) is 87.6 cm³/mol. The fourth-order valence-corrected chi connectivity index (χ4v) is 3.16. The molecular weight excluding hydrogens is 294 g/mol. The Morgan fingerprint density at radius 2 is 1.74 bits per heavy atom. The summed E-state index contributed by atoms with van der Waals surface area (Å²) in [7, 11) is 2.07. The van der Waals surface area contributed by atoms with Gasteiger partial charge in [-0.15, -0.1) is 0 Å². The quantitative estimate of drug-likeness (QED) is 0.775. The number of hydrogen-bond acceptors (Lipinski definition) is 5. The highest BCUT2D eigenvalue weighted by molar-refractivity contribution is 6.22.